The summed E-state index contributed by atoms with van der Waals surface area (Å²) in [5.74, 6) is 0.470. The van der Waals surface area contributed by atoms with Gasteiger partial charge in [0, 0.05) is 16.7 Å². The molecule has 0 spiro atoms. The van der Waals surface area contributed by atoms with Gasteiger partial charge in [0.25, 0.3) is 0 Å². The second-order valence-electron chi connectivity index (χ2n) is 4.45. The standard InChI is InChI=1S/C12H16OS/c1-12(7-3-2-6-11(12)13)9-10-5-4-8-14-10/h4-5,8H,2-3,6-7,9H2,1H3. The van der Waals surface area contributed by atoms with Gasteiger partial charge in [-0.3, -0.25) is 4.79 Å². The fourth-order valence-corrected chi connectivity index (χ4v) is 3.12. The summed E-state index contributed by atoms with van der Waals surface area (Å²) in [6, 6.07) is 4.20. The Morgan fingerprint density at radius 2 is 2.36 bits per heavy atom. The van der Waals surface area contributed by atoms with Crippen LogP contribution in [0.3, 0.4) is 0 Å². The molecule has 2 rings (SSSR count). The van der Waals surface area contributed by atoms with Crippen LogP contribution in [-0.4, -0.2) is 5.78 Å². The largest absolute Gasteiger partial charge is 0.299 e. The summed E-state index contributed by atoms with van der Waals surface area (Å²) in [6.45, 7) is 2.13. The summed E-state index contributed by atoms with van der Waals surface area (Å²) >= 11 is 1.76. The van der Waals surface area contributed by atoms with Gasteiger partial charge in [-0.2, -0.15) is 0 Å². The highest BCUT2D eigenvalue weighted by Crippen LogP contribution is 2.36. The van der Waals surface area contributed by atoms with Gasteiger partial charge in [0.2, 0.25) is 0 Å². The van der Waals surface area contributed by atoms with Crippen molar-refractivity contribution in [1.29, 1.82) is 0 Å². The molecule has 1 atom stereocenters. The fraction of sp³-hybridized carbons (Fsp3) is 0.583. The van der Waals surface area contributed by atoms with Crippen LogP contribution in [0.5, 0.6) is 0 Å². The summed E-state index contributed by atoms with van der Waals surface area (Å²) in [6.07, 6.45) is 5.13. The maximum atomic E-state index is 11.8. The van der Waals surface area contributed by atoms with Crippen LogP contribution in [0.2, 0.25) is 0 Å². The fourth-order valence-electron chi connectivity index (χ4n) is 2.23. The molecular formula is C12H16OS. The van der Waals surface area contributed by atoms with Crippen molar-refractivity contribution >= 4 is 17.1 Å². The number of carbonyl (C=O) groups is 1. The van der Waals surface area contributed by atoms with Crippen molar-refractivity contribution in [3.05, 3.63) is 22.4 Å². The van der Waals surface area contributed by atoms with Crippen LogP contribution in [0.4, 0.5) is 0 Å². The smallest absolute Gasteiger partial charge is 0.139 e. The van der Waals surface area contributed by atoms with E-state index in [1.54, 1.807) is 11.3 Å². The van der Waals surface area contributed by atoms with Crippen molar-refractivity contribution in [3.8, 4) is 0 Å². The first-order valence-corrected chi connectivity index (χ1v) is 6.14. The van der Waals surface area contributed by atoms with E-state index in [1.807, 2.05) is 0 Å². The molecule has 0 aromatic carbocycles. The van der Waals surface area contributed by atoms with E-state index >= 15 is 0 Å². The van der Waals surface area contributed by atoms with E-state index in [0.717, 1.165) is 25.7 Å². The zero-order chi connectivity index (χ0) is 10.0. The molecule has 1 aromatic rings. The molecule has 76 valence electrons. The van der Waals surface area contributed by atoms with Crippen molar-refractivity contribution in [1.82, 2.24) is 0 Å². The number of carbonyl (C=O) groups excluding carboxylic acids is 1. The van der Waals surface area contributed by atoms with Crippen LogP contribution in [-0.2, 0) is 11.2 Å². The van der Waals surface area contributed by atoms with Gasteiger partial charge < -0.3 is 0 Å². The third-order valence-electron chi connectivity index (χ3n) is 3.20. The first-order chi connectivity index (χ1) is 6.71. The van der Waals surface area contributed by atoms with Crippen LogP contribution >= 0.6 is 11.3 Å². The molecule has 1 fully saturated rings. The Balaban J connectivity index is 2.11. The lowest BCUT2D eigenvalue weighted by Gasteiger charge is -2.31. The van der Waals surface area contributed by atoms with Crippen LogP contribution in [0.25, 0.3) is 0 Å². The number of hydrogen-bond acceptors (Lipinski definition) is 2. The maximum absolute atomic E-state index is 11.8. The Labute approximate surface area is 89.1 Å². The van der Waals surface area contributed by atoms with Gasteiger partial charge in [0.05, 0.1) is 0 Å². The van der Waals surface area contributed by atoms with Gasteiger partial charge in [-0.05, 0) is 30.7 Å². The minimum absolute atomic E-state index is 0.0664. The monoisotopic (exact) mass is 208 g/mol. The molecule has 1 heterocycles. The van der Waals surface area contributed by atoms with Gasteiger partial charge in [0.1, 0.15) is 5.78 Å². The summed E-state index contributed by atoms with van der Waals surface area (Å²) in [4.78, 5) is 13.2. The van der Waals surface area contributed by atoms with Gasteiger partial charge >= 0.3 is 0 Å². The van der Waals surface area contributed by atoms with Crippen LogP contribution < -0.4 is 0 Å². The lowest BCUT2D eigenvalue weighted by Crippen LogP contribution is -2.32. The lowest BCUT2D eigenvalue weighted by molar-refractivity contribution is -0.130. The number of ketones is 1. The zero-order valence-corrected chi connectivity index (χ0v) is 9.40. The van der Waals surface area contributed by atoms with Crippen molar-refractivity contribution in [2.24, 2.45) is 5.41 Å². The molecule has 2 heteroatoms. The molecule has 1 aliphatic rings. The minimum Gasteiger partial charge on any atom is -0.299 e. The van der Waals surface area contributed by atoms with E-state index in [1.165, 1.54) is 11.3 Å². The van der Waals surface area contributed by atoms with E-state index in [4.69, 9.17) is 0 Å². The van der Waals surface area contributed by atoms with Gasteiger partial charge in [-0.25, -0.2) is 0 Å². The molecule has 1 nitrogen and oxygen atoms in total. The minimum atomic E-state index is -0.0664. The maximum Gasteiger partial charge on any atom is 0.139 e. The van der Waals surface area contributed by atoms with E-state index in [2.05, 4.69) is 24.4 Å². The molecule has 0 bridgehead atoms. The third-order valence-corrected chi connectivity index (χ3v) is 4.08. The first kappa shape index (κ1) is 9.91. The SMILES string of the molecule is CC1(Cc2cccs2)CCCCC1=O. The van der Waals surface area contributed by atoms with Gasteiger partial charge in [-0.15, -0.1) is 11.3 Å². The van der Waals surface area contributed by atoms with Crippen molar-refractivity contribution < 1.29 is 4.79 Å². The van der Waals surface area contributed by atoms with E-state index in [-0.39, 0.29) is 5.41 Å². The molecule has 1 aliphatic carbocycles. The second kappa shape index (κ2) is 3.85. The molecule has 14 heavy (non-hydrogen) atoms. The second-order valence-corrected chi connectivity index (χ2v) is 5.48. The number of rotatable bonds is 2. The average molecular weight is 208 g/mol. The summed E-state index contributed by atoms with van der Waals surface area (Å²) in [5, 5.41) is 2.09. The first-order valence-electron chi connectivity index (χ1n) is 5.26. The highest BCUT2D eigenvalue weighted by molar-refractivity contribution is 7.09. The number of thiophene rings is 1. The van der Waals surface area contributed by atoms with Crippen molar-refractivity contribution in [3.63, 3.8) is 0 Å². The van der Waals surface area contributed by atoms with Gasteiger partial charge in [-0.1, -0.05) is 19.4 Å². The molecular weight excluding hydrogens is 192 g/mol. The Hall–Kier alpha value is -0.630. The molecule has 1 aromatic heterocycles. The Kier molecular flexibility index (Phi) is 2.73. The average Bonchev–Trinajstić information content (AvgIpc) is 2.63. The highest BCUT2D eigenvalue weighted by Gasteiger charge is 2.35. The highest BCUT2D eigenvalue weighted by atomic mass is 32.1. The topological polar surface area (TPSA) is 17.1 Å². The number of Topliss-reactive ketones (excluding diaryl/α,β-unsaturated/α-hetero) is 1. The predicted octanol–water partition coefficient (Wildman–Crippen LogP) is 3.44. The lowest BCUT2D eigenvalue weighted by atomic mass is 9.72. The van der Waals surface area contributed by atoms with E-state index in [9.17, 15) is 4.79 Å². The molecule has 1 unspecified atom stereocenters. The molecule has 1 saturated carbocycles. The molecule has 0 aliphatic heterocycles. The number of hydrogen-bond donors (Lipinski definition) is 0. The Bertz CT molecular complexity index is 315. The van der Waals surface area contributed by atoms with Crippen LogP contribution in [0.1, 0.15) is 37.5 Å². The van der Waals surface area contributed by atoms with Crippen LogP contribution in [0.15, 0.2) is 17.5 Å². The summed E-state index contributed by atoms with van der Waals surface area (Å²) in [7, 11) is 0. The van der Waals surface area contributed by atoms with Crippen molar-refractivity contribution in [2.75, 3.05) is 0 Å². The van der Waals surface area contributed by atoms with Gasteiger partial charge in [0.15, 0.2) is 0 Å². The van der Waals surface area contributed by atoms with Crippen LogP contribution in [0, 0.1) is 5.41 Å². The molecule has 0 N–H and O–H groups in total. The molecule has 0 saturated heterocycles. The normalized spacial score (nSPS) is 27.9. The van der Waals surface area contributed by atoms with Crippen molar-refractivity contribution in [2.45, 2.75) is 39.0 Å². The quantitative estimate of drug-likeness (QED) is 0.727. The molecule has 0 amide bonds. The predicted molar refractivity (Wildman–Crippen MR) is 59.6 cm³/mol. The Morgan fingerprint density at radius 3 is 3.00 bits per heavy atom. The zero-order valence-electron chi connectivity index (χ0n) is 8.58. The Morgan fingerprint density at radius 1 is 1.50 bits per heavy atom. The summed E-state index contributed by atoms with van der Waals surface area (Å²) in [5.41, 5.74) is -0.0664. The van der Waals surface area contributed by atoms with E-state index in [0.29, 0.717) is 5.78 Å². The summed E-state index contributed by atoms with van der Waals surface area (Å²) < 4.78 is 0. The third kappa shape index (κ3) is 1.90. The molecule has 0 radical (unpaired) electrons. The van der Waals surface area contributed by atoms with E-state index < -0.39 is 0 Å².